The van der Waals surface area contributed by atoms with Crippen LogP contribution >= 0.6 is 0 Å². The highest BCUT2D eigenvalue weighted by molar-refractivity contribution is 6.20. The van der Waals surface area contributed by atoms with E-state index in [0.29, 0.717) is 23.8 Å². The van der Waals surface area contributed by atoms with Crippen LogP contribution in [0.5, 0.6) is 0 Å². The van der Waals surface area contributed by atoms with Crippen LogP contribution in [0.2, 0.25) is 0 Å². The van der Waals surface area contributed by atoms with Crippen LogP contribution in [0.1, 0.15) is 60.7 Å². The Morgan fingerprint density at radius 3 is 2.14 bits per heavy atom. The van der Waals surface area contributed by atoms with Crippen molar-refractivity contribution in [2.75, 3.05) is 0 Å². The number of hydroxylamine groups is 2. The first-order valence-electron chi connectivity index (χ1n) is 7.65. The molecule has 2 amide bonds. The normalized spacial score (nSPS) is 15.2. The van der Waals surface area contributed by atoms with Crippen molar-refractivity contribution in [1.29, 1.82) is 0 Å². The van der Waals surface area contributed by atoms with Crippen molar-refractivity contribution in [1.82, 2.24) is 5.06 Å². The van der Waals surface area contributed by atoms with E-state index in [2.05, 4.69) is 0 Å². The quantitative estimate of drug-likeness (QED) is 0.757. The maximum absolute atomic E-state index is 12.3. The monoisotopic (exact) mass is 303 g/mol. The van der Waals surface area contributed by atoms with E-state index in [-0.39, 0.29) is 17.0 Å². The zero-order chi connectivity index (χ0) is 16.3. The Hall–Kier alpha value is -2.17. The Morgan fingerprint density at radius 2 is 1.68 bits per heavy atom. The first kappa shape index (κ1) is 16.2. The maximum atomic E-state index is 12.3. The molecule has 5 heteroatoms. The molecule has 1 atom stereocenters. The summed E-state index contributed by atoms with van der Waals surface area (Å²) in [6.07, 6.45) is 2.20. The summed E-state index contributed by atoms with van der Waals surface area (Å²) >= 11 is 0. The third-order valence-corrected chi connectivity index (χ3v) is 3.66. The van der Waals surface area contributed by atoms with Crippen LogP contribution in [0, 0.1) is 11.8 Å². The second-order valence-corrected chi connectivity index (χ2v) is 5.98. The Balaban J connectivity index is 2.12. The Labute approximate surface area is 130 Å². The lowest BCUT2D eigenvalue weighted by molar-refractivity contribution is -0.174. The molecule has 0 N–H and O–H groups in total. The van der Waals surface area contributed by atoms with Gasteiger partial charge < -0.3 is 4.84 Å². The minimum absolute atomic E-state index is 0.274. The van der Waals surface area contributed by atoms with Crippen molar-refractivity contribution in [3.8, 4) is 0 Å². The van der Waals surface area contributed by atoms with Crippen LogP contribution in [0.25, 0.3) is 0 Å². The van der Waals surface area contributed by atoms with Gasteiger partial charge in [0.1, 0.15) is 0 Å². The van der Waals surface area contributed by atoms with E-state index in [1.54, 1.807) is 24.3 Å². The highest BCUT2D eigenvalue weighted by atomic mass is 16.7. The number of fused-ring (bicyclic) bond motifs is 1. The number of hydrogen-bond donors (Lipinski definition) is 0. The van der Waals surface area contributed by atoms with Crippen LogP contribution in [-0.2, 0) is 9.63 Å². The smallest absolute Gasteiger partial charge is 0.329 e. The molecule has 0 saturated carbocycles. The second kappa shape index (κ2) is 6.73. The molecule has 0 bridgehead atoms. The third kappa shape index (κ3) is 3.18. The average molecular weight is 303 g/mol. The van der Waals surface area contributed by atoms with Gasteiger partial charge >= 0.3 is 5.97 Å². The van der Waals surface area contributed by atoms with Crippen molar-refractivity contribution in [3.05, 3.63) is 35.4 Å². The highest BCUT2D eigenvalue weighted by Gasteiger charge is 2.39. The van der Waals surface area contributed by atoms with Crippen molar-refractivity contribution >= 4 is 17.8 Å². The maximum Gasteiger partial charge on any atom is 0.336 e. The minimum Gasteiger partial charge on any atom is -0.329 e. The van der Waals surface area contributed by atoms with Crippen LogP contribution in [0.4, 0.5) is 0 Å². The van der Waals surface area contributed by atoms with Gasteiger partial charge in [0.2, 0.25) is 0 Å². The third-order valence-electron chi connectivity index (χ3n) is 3.66. The molecule has 0 aliphatic carbocycles. The SMILES string of the molecule is CCCC(CC(C)C)C(=O)ON1C(=O)c2ccccc2C1=O. The first-order chi connectivity index (χ1) is 10.5. The summed E-state index contributed by atoms with van der Waals surface area (Å²) in [7, 11) is 0. The summed E-state index contributed by atoms with van der Waals surface area (Å²) in [6.45, 7) is 6.04. The summed E-state index contributed by atoms with van der Waals surface area (Å²) < 4.78 is 0. The van der Waals surface area contributed by atoms with Crippen molar-refractivity contribution in [3.63, 3.8) is 0 Å². The summed E-state index contributed by atoms with van der Waals surface area (Å²) in [6, 6.07) is 6.46. The number of benzene rings is 1. The average Bonchev–Trinajstić information content (AvgIpc) is 2.72. The molecule has 1 aliphatic heterocycles. The second-order valence-electron chi connectivity index (χ2n) is 5.98. The molecule has 1 aromatic carbocycles. The molecule has 1 aromatic rings. The van der Waals surface area contributed by atoms with E-state index < -0.39 is 17.8 Å². The van der Waals surface area contributed by atoms with E-state index in [1.165, 1.54) is 0 Å². The number of rotatable bonds is 6. The molecule has 1 aliphatic rings. The molecule has 0 fully saturated rings. The molecule has 22 heavy (non-hydrogen) atoms. The largest absolute Gasteiger partial charge is 0.336 e. The number of hydrogen-bond acceptors (Lipinski definition) is 4. The minimum atomic E-state index is -0.575. The molecule has 1 heterocycles. The lowest BCUT2D eigenvalue weighted by atomic mass is 9.93. The van der Waals surface area contributed by atoms with E-state index >= 15 is 0 Å². The zero-order valence-electron chi connectivity index (χ0n) is 13.2. The Bertz CT molecular complexity index is 559. The molecule has 1 unspecified atom stereocenters. The van der Waals surface area contributed by atoms with Crippen LogP contribution in [-0.4, -0.2) is 22.8 Å². The van der Waals surface area contributed by atoms with E-state index in [0.717, 1.165) is 6.42 Å². The zero-order valence-corrected chi connectivity index (χ0v) is 13.2. The summed E-state index contributed by atoms with van der Waals surface area (Å²) in [5, 5.41) is 0.593. The lowest BCUT2D eigenvalue weighted by Gasteiger charge is -2.19. The summed E-state index contributed by atoms with van der Waals surface area (Å²) in [5.41, 5.74) is 0.549. The van der Waals surface area contributed by atoms with Gasteiger partial charge in [-0.15, -0.1) is 0 Å². The fraction of sp³-hybridized carbons (Fsp3) is 0.471. The van der Waals surface area contributed by atoms with E-state index in [4.69, 9.17) is 4.84 Å². The van der Waals surface area contributed by atoms with Gasteiger partial charge in [0, 0.05) is 0 Å². The number of amides is 2. The molecule has 0 saturated heterocycles. The highest BCUT2D eigenvalue weighted by Crippen LogP contribution is 2.25. The Kier molecular flexibility index (Phi) is 4.96. The van der Waals surface area contributed by atoms with Crippen molar-refractivity contribution in [2.24, 2.45) is 11.8 Å². The van der Waals surface area contributed by atoms with Crippen LogP contribution in [0.15, 0.2) is 24.3 Å². The van der Waals surface area contributed by atoms with Gasteiger partial charge in [-0.05, 0) is 30.9 Å². The summed E-state index contributed by atoms with van der Waals surface area (Å²) in [5.74, 6) is -1.62. The fourth-order valence-corrected chi connectivity index (χ4v) is 2.66. The Morgan fingerprint density at radius 1 is 1.14 bits per heavy atom. The molecule has 0 spiro atoms. The molecule has 0 radical (unpaired) electrons. The van der Waals surface area contributed by atoms with Gasteiger partial charge in [-0.3, -0.25) is 9.59 Å². The standard InChI is InChI=1S/C17H21NO4/c1-4-7-12(10-11(2)3)17(21)22-18-15(19)13-8-5-6-9-14(13)16(18)20/h5-6,8-9,11-12H,4,7,10H2,1-3H3. The first-order valence-corrected chi connectivity index (χ1v) is 7.65. The number of carbonyl (C=O) groups is 3. The van der Waals surface area contributed by atoms with Gasteiger partial charge in [-0.1, -0.05) is 44.4 Å². The van der Waals surface area contributed by atoms with E-state index in [9.17, 15) is 14.4 Å². The van der Waals surface area contributed by atoms with Gasteiger partial charge in [-0.2, -0.15) is 0 Å². The van der Waals surface area contributed by atoms with Crippen molar-refractivity contribution < 1.29 is 19.2 Å². The van der Waals surface area contributed by atoms with Crippen LogP contribution < -0.4 is 0 Å². The number of nitrogens with zero attached hydrogens (tertiary/aromatic N) is 1. The van der Waals surface area contributed by atoms with Gasteiger partial charge in [0.25, 0.3) is 11.8 Å². The predicted octanol–water partition coefficient (Wildman–Crippen LogP) is 3.20. The fourth-order valence-electron chi connectivity index (χ4n) is 2.66. The van der Waals surface area contributed by atoms with Gasteiger partial charge in [-0.25, -0.2) is 4.79 Å². The van der Waals surface area contributed by atoms with Gasteiger partial charge in [0.15, 0.2) is 0 Å². The number of carbonyl (C=O) groups excluding carboxylic acids is 3. The van der Waals surface area contributed by atoms with E-state index in [1.807, 2.05) is 20.8 Å². The molecule has 2 rings (SSSR count). The van der Waals surface area contributed by atoms with Crippen molar-refractivity contribution in [2.45, 2.75) is 40.0 Å². The molecular weight excluding hydrogens is 282 g/mol. The molecule has 0 aromatic heterocycles. The summed E-state index contributed by atoms with van der Waals surface area (Å²) in [4.78, 5) is 41.8. The number of imide groups is 1. The topological polar surface area (TPSA) is 63.7 Å². The molecular formula is C17H21NO4. The predicted molar refractivity (Wildman–Crippen MR) is 80.9 cm³/mol. The lowest BCUT2D eigenvalue weighted by Crippen LogP contribution is -2.35. The van der Waals surface area contributed by atoms with Gasteiger partial charge in [0.05, 0.1) is 17.0 Å². The molecule has 5 nitrogen and oxygen atoms in total. The molecule has 118 valence electrons. The van der Waals surface area contributed by atoms with Crippen LogP contribution in [0.3, 0.4) is 0 Å².